The summed E-state index contributed by atoms with van der Waals surface area (Å²) < 4.78 is 10.6. The summed E-state index contributed by atoms with van der Waals surface area (Å²) in [5, 5.41) is 15.8. The van der Waals surface area contributed by atoms with Crippen molar-refractivity contribution in [1.29, 1.82) is 0 Å². The molecule has 0 aliphatic rings. The minimum absolute atomic E-state index is 0.0565. The molecular weight excluding hydrogens is 460 g/mol. The quantitative estimate of drug-likeness (QED) is 0.244. The van der Waals surface area contributed by atoms with E-state index in [0.29, 0.717) is 24.5 Å². The highest BCUT2D eigenvalue weighted by molar-refractivity contribution is 6.11. The van der Waals surface area contributed by atoms with Crippen molar-refractivity contribution in [2.45, 2.75) is 25.8 Å². The van der Waals surface area contributed by atoms with Crippen molar-refractivity contribution >= 4 is 29.0 Å². The zero-order chi connectivity index (χ0) is 26.1. The second-order valence-electron chi connectivity index (χ2n) is 8.27. The minimum atomic E-state index is -0.426. The standard InChI is InChI=1S/C26H32N6O4/c1-5-25(33)29-23-12-18(28-15-16(2)27)8-9-22(23)26(34)30-24-13-19(31-32-24)7-6-17-10-20(35-3)14-21(11-17)36-4/h5,8-14,16,28H,1,6-7,15,27H2,2-4H3,(H,29,33)(H2,30,31,32,34)/t16-/m1/s1. The number of benzene rings is 2. The Kier molecular flexibility index (Phi) is 9.07. The molecule has 6 N–H and O–H groups in total. The van der Waals surface area contributed by atoms with E-state index in [-0.39, 0.29) is 11.6 Å². The summed E-state index contributed by atoms with van der Waals surface area (Å²) in [6.45, 7) is 5.89. The summed E-state index contributed by atoms with van der Waals surface area (Å²) in [6.07, 6.45) is 2.53. The Morgan fingerprint density at radius 1 is 1.08 bits per heavy atom. The summed E-state index contributed by atoms with van der Waals surface area (Å²) in [5.74, 6) is 0.978. The molecular formula is C26H32N6O4. The van der Waals surface area contributed by atoms with Crippen LogP contribution >= 0.6 is 0 Å². The Bertz CT molecular complexity index is 1200. The van der Waals surface area contributed by atoms with Crippen LogP contribution < -0.4 is 31.2 Å². The molecule has 0 aliphatic heterocycles. The molecule has 0 saturated heterocycles. The number of nitrogens with one attached hydrogen (secondary N) is 4. The fourth-order valence-electron chi connectivity index (χ4n) is 3.45. The number of methoxy groups -OCH3 is 2. The van der Waals surface area contributed by atoms with E-state index in [1.54, 1.807) is 38.5 Å². The molecule has 36 heavy (non-hydrogen) atoms. The van der Waals surface area contributed by atoms with E-state index >= 15 is 0 Å². The summed E-state index contributed by atoms with van der Waals surface area (Å²) in [5.41, 5.74) is 9.04. The summed E-state index contributed by atoms with van der Waals surface area (Å²) in [7, 11) is 3.22. The van der Waals surface area contributed by atoms with E-state index in [4.69, 9.17) is 15.2 Å². The lowest BCUT2D eigenvalue weighted by Gasteiger charge is -2.14. The van der Waals surface area contributed by atoms with Crippen molar-refractivity contribution in [3.05, 3.63) is 71.9 Å². The van der Waals surface area contributed by atoms with Crippen LogP contribution in [0, 0.1) is 0 Å². The zero-order valence-electron chi connectivity index (χ0n) is 20.7. The number of carbonyl (C=O) groups is 2. The Balaban J connectivity index is 1.69. The van der Waals surface area contributed by atoms with E-state index in [2.05, 4.69) is 32.7 Å². The predicted octanol–water partition coefficient (Wildman–Crippen LogP) is 3.35. The van der Waals surface area contributed by atoms with Crippen molar-refractivity contribution in [2.75, 3.05) is 36.7 Å². The molecule has 0 saturated carbocycles. The van der Waals surface area contributed by atoms with Crippen molar-refractivity contribution in [3.63, 3.8) is 0 Å². The third kappa shape index (κ3) is 7.34. The second-order valence-corrected chi connectivity index (χ2v) is 8.27. The van der Waals surface area contributed by atoms with Gasteiger partial charge in [0.2, 0.25) is 5.91 Å². The number of anilines is 3. The molecule has 0 unspecified atom stereocenters. The van der Waals surface area contributed by atoms with Gasteiger partial charge in [-0.05, 0) is 61.7 Å². The van der Waals surface area contributed by atoms with Crippen LogP contribution in [-0.2, 0) is 17.6 Å². The lowest BCUT2D eigenvalue weighted by atomic mass is 10.1. The van der Waals surface area contributed by atoms with Crippen molar-refractivity contribution in [1.82, 2.24) is 10.2 Å². The van der Waals surface area contributed by atoms with Crippen molar-refractivity contribution in [3.8, 4) is 11.5 Å². The Labute approximate surface area is 210 Å². The predicted molar refractivity (Wildman–Crippen MR) is 141 cm³/mol. The van der Waals surface area contributed by atoms with Gasteiger partial charge in [-0.3, -0.25) is 14.7 Å². The monoisotopic (exact) mass is 492 g/mol. The molecule has 0 spiro atoms. The molecule has 10 nitrogen and oxygen atoms in total. The normalized spacial score (nSPS) is 11.3. The average molecular weight is 493 g/mol. The first-order valence-electron chi connectivity index (χ1n) is 11.5. The second kappa shape index (κ2) is 12.4. The van der Waals surface area contributed by atoms with E-state index in [1.807, 2.05) is 25.1 Å². The number of nitrogens with zero attached hydrogens (tertiary/aromatic N) is 1. The molecule has 0 bridgehead atoms. The highest BCUT2D eigenvalue weighted by atomic mass is 16.5. The van der Waals surface area contributed by atoms with Gasteiger partial charge in [-0.25, -0.2) is 0 Å². The maximum atomic E-state index is 13.0. The first-order valence-corrected chi connectivity index (χ1v) is 11.5. The summed E-state index contributed by atoms with van der Waals surface area (Å²) >= 11 is 0. The number of aromatic amines is 1. The van der Waals surface area contributed by atoms with Gasteiger partial charge in [-0.2, -0.15) is 5.10 Å². The van der Waals surface area contributed by atoms with Gasteiger partial charge in [0.15, 0.2) is 5.82 Å². The SMILES string of the molecule is C=CC(=O)Nc1cc(NC[C@@H](C)N)ccc1C(=O)Nc1cc(CCc2cc(OC)cc(OC)c2)[nH]n1. The van der Waals surface area contributed by atoms with Gasteiger partial charge in [0, 0.05) is 36.1 Å². The molecule has 10 heteroatoms. The highest BCUT2D eigenvalue weighted by Crippen LogP contribution is 2.25. The van der Waals surface area contributed by atoms with Crippen LogP contribution in [0.5, 0.6) is 11.5 Å². The maximum absolute atomic E-state index is 13.0. The van der Waals surface area contributed by atoms with Crippen molar-refractivity contribution in [2.24, 2.45) is 5.73 Å². The van der Waals surface area contributed by atoms with Crippen LogP contribution in [0.2, 0.25) is 0 Å². The molecule has 1 aromatic heterocycles. The van der Waals surface area contributed by atoms with Gasteiger partial charge in [0.05, 0.1) is 25.5 Å². The molecule has 2 aromatic carbocycles. The Morgan fingerprint density at radius 3 is 2.44 bits per heavy atom. The van der Waals surface area contributed by atoms with Crippen LogP contribution in [-0.4, -0.2) is 48.8 Å². The van der Waals surface area contributed by atoms with Crippen LogP contribution in [0.3, 0.4) is 0 Å². The topological polar surface area (TPSA) is 143 Å². The van der Waals surface area contributed by atoms with Gasteiger partial charge in [-0.15, -0.1) is 0 Å². The number of ether oxygens (including phenoxy) is 2. The molecule has 1 heterocycles. The molecule has 0 aliphatic carbocycles. The van der Waals surface area contributed by atoms with Crippen LogP contribution in [0.15, 0.2) is 55.1 Å². The summed E-state index contributed by atoms with van der Waals surface area (Å²) in [6, 6.07) is 12.5. The fraction of sp³-hybridized carbons (Fsp3) is 0.269. The number of aryl methyl sites for hydroxylation is 2. The first kappa shape index (κ1) is 26.3. The zero-order valence-corrected chi connectivity index (χ0v) is 20.7. The lowest BCUT2D eigenvalue weighted by Crippen LogP contribution is -2.25. The number of H-pyrrole nitrogens is 1. The van der Waals surface area contributed by atoms with Gasteiger partial charge < -0.3 is 31.2 Å². The number of nitrogens with two attached hydrogens (primary N) is 1. The third-order valence-electron chi connectivity index (χ3n) is 5.30. The number of amides is 2. The molecule has 3 rings (SSSR count). The fourth-order valence-corrected chi connectivity index (χ4v) is 3.45. The third-order valence-corrected chi connectivity index (χ3v) is 5.30. The average Bonchev–Trinajstić information content (AvgIpc) is 3.32. The van der Waals surface area contributed by atoms with E-state index in [1.165, 1.54) is 0 Å². The molecule has 2 amide bonds. The van der Waals surface area contributed by atoms with Gasteiger partial charge >= 0.3 is 0 Å². The maximum Gasteiger partial charge on any atom is 0.258 e. The molecule has 190 valence electrons. The lowest BCUT2D eigenvalue weighted by molar-refractivity contribution is -0.111. The molecule has 0 fully saturated rings. The number of carbonyl (C=O) groups excluding carboxylic acids is 2. The van der Waals surface area contributed by atoms with E-state index in [0.717, 1.165) is 40.9 Å². The first-order chi connectivity index (χ1) is 17.3. The van der Waals surface area contributed by atoms with Crippen molar-refractivity contribution < 1.29 is 19.1 Å². The van der Waals surface area contributed by atoms with E-state index in [9.17, 15) is 9.59 Å². The van der Waals surface area contributed by atoms with Gasteiger partial charge in [-0.1, -0.05) is 6.58 Å². The summed E-state index contributed by atoms with van der Waals surface area (Å²) in [4.78, 5) is 24.9. The molecule has 1 atom stereocenters. The molecule has 3 aromatic rings. The van der Waals surface area contributed by atoms with Crippen LogP contribution in [0.1, 0.15) is 28.5 Å². The number of rotatable bonds is 12. The number of hydrogen-bond acceptors (Lipinski definition) is 7. The van der Waals surface area contributed by atoms with Gasteiger partial charge in [0.25, 0.3) is 5.91 Å². The van der Waals surface area contributed by atoms with Gasteiger partial charge in [0.1, 0.15) is 11.5 Å². The van der Waals surface area contributed by atoms with E-state index < -0.39 is 11.8 Å². The Morgan fingerprint density at radius 2 is 1.81 bits per heavy atom. The number of aromatic nitrogens is 2. The Hall–Kier alpha value is -4.31. The highest BCUT2D eigenvalue weighted by Gasteiger charge is 2.16. The largest absolute Gasteiger partial charge is 0.497 e. The number of hydrogen-bond donors (Lipinski definition) is 5. The van der Waals surface area contributed by atoms with Crippen LogP contribution in [0.4, 0.5) is 17.2 Å². The van der Waals surface area contributed by atoms with Crippen LogP contribution in [0.25, 0.3) is 0 Å². The molecule has 0 radical (unpaired) electrons. The minimum Gasteiger partial charge on any atom is -0.497 e. The smallest absolute Gasteiger partial charge is 0.258 e.